The number of amides is 1. The van der Waals surface area contributed by atoms with Crippen LogP contribution >= 0.6 is 0 Å². The summed E-state index contributed by atoms with van der Waals surface area (Å²) in [6.07, 6.45) is 0.707. The average Bonchev–Trinajstić information content (AvgIpc) is 2.32. The van der Waals surface area contributed by atoms with Gasteiger partial charge in [0, 0.05) is 19.8 Å². The summed E-state index contributed by atoms with van der Waals surface area (Å²) in [4.78, 5) is 11.6. The topological polar surface area (TPSA) is 78.8 Å². The van der Waals surface area contributed by atoms with E-state index < -0.39 is 11.7 Å². The van der Waals surface area contributed by atoms with Crippen molar-refractivity contribution in [3.63, 3.8) is 0 Å². The van der Waals surface area contributed by atoms with E-state index in [0.717, 1.165) is 0 Å². The highest BCUT2D eigenvalue weighted by atomic mass is 16.5. The van der Waals surface area contributed by atoms with Crippen LogP contribution < -0.4 is 5.32 Å². The van der Waals surface area contributed by atoms with Gasteiger partial charge < -0.3 is 20.3 Å². The maximum absolute atomic E-state index is 11.6. The van der Waals surface area contributed by atoms with E-state index in [4.69, 9.17) is 4.74 Å². The van der Waals surface area contributed by atoms with Gasteiger partial charge in [-0.15, -0.1) is 0 Å². The van der Waals surface area contributed by atoms with E-state index in [0.29, 0.717) is 26.2 Å². The smallest absolute Gasteiger partial charge is 0.255 e. The Hall–Kier alpha value is -1.75. The predicted molar refractivity (Wildman–Crippen MR) is 63.2 cm³/mol. The number of carbonyl (C=O) groups excluding carboxylic acids is 1. The van der Waals surface area contributed by atoms with Gasteiger partial charge >= 0.3 is 0 Å². The molecule has 0 unspecified atom stereocenters. The Bertz CT molecular complexity index is 379. The molecule has 17 heavy (non-hydrogen) atoms. The molecule has 0 heterocycles. The molecule has 0 fully saturated rings. The third kappa shape index (κ3) is 3.96. The Morgan fingerprint density at radius 2 is 2.18 bits per heavy atom. The normalized spacial score (nSPS) is 10.2. The number of nitrogens with one attached hydrogen (secondary N) is 1. The summed E-state index contributed by atoms with van der Waals surface area (Å²) >= 11 is 0. The van der Waals surface area contributed by atoms with Crippen molar-refractivity contribution in [2.24, 2.45) is 0 Å². The van der Waals surface area contributed by atoms with Gasteiger partial charge in [0.15, 0.2) is 11.5 Å². The molecule has 5 nitrogen and oxygen atoms in total. The summed E-state index contributed by atoms with van der Waals surface area (Å²) in [6.45, 7) is 3.61. The largest absolute Gasteiger partial charge is 0.504 e. The molecular formula is C12H17NO4. The second kappa shape index (κ2) is 6.75. The van der Waals surface area contributed by atoms with Crippen molar-refractivity contribution in [1.29, 1.82) is 0 Å². The Morgan fingerprint density at radius 1 is 1.41 bits per heavy atom. The van der Waals surface area contributed by atoms with Crippen molar-refractivity contribution < 1.29 is 19.7 Å². The first kappa shape index (κ1) is 13.3. The second-order valence-corrected chi connectivity index (χ2v) is 3.48. The highest BCUT2D eigenvalue weighted by molar-refractivity contribution is 5.97. The molecular weight excluding hydrogens is 222 g/mol. The van der Waals surface area contributed by atoms with E-state index in [-0.39, 0.29) is 11.3 Å². The van der Waals surface area contributed by atoms with Gasteiger partial charge in [-0.05, 0) is 25.5 Å². The number of rotatable bonds is 6. The zero-order valence-corrected chi connectivity index (χ0v) is 9.77. The Morgan fingerprint density at radius 3 is 2.88 bits per heavy atom. The van der Waals surface area contributed by atoms with E-state index in [1.807, 2.05) is 6.92 Å². The van der Waals surface area contributed by atoms with Crippen molar-refractivity contribution in [2.45, 2.75) is 13.3 Å². The van der Waals surface area contributed by atoms with Crippen molar-refractivity contribution >= 4 is 5.91 Å². The van der Waals surface area contributed by atoms with E-state index in [9.17, 15) is 15.0 Å². The minimum Gasteiger partial charge on any atom is -0.504 e. The molecule has 0 aromatic heterocycles. The lowest BCUT2D eigenvalue weighted by molar-refractivity contribution is 0.0941. The van der Waals surface area contributed by atoms with Crippen LogP contribution in [0.4, 0.5) is 0 Å². The van der Waals surface area contributed by atoms with Crippen LogP contribution in [0.3, 0.4) is 0 Å². The number of carbonyl (C=O) groups is 1. The lowest BCUT2D eigenvalue weighted by Gasteiger charge is -2.07. The van der Waals surface area contributed by atoms with Crippen LogP contribution in [0.2, 0.25) is 0 Å². The third-order valence-electron chi connectivity index (χ3n) is 2.21. The molecule has 0 bridgehead atoms. The van der Waals surface area contributed by atoms with Crippen molar-refractivity contribution in [3.8, 4) is 11.5 Å². The van der Waals surface area contributed by atoms with Gasteiger partial charge in [0.25, 0.3) is 5.91 Å². The Kier molecular flexibility index (Phi) is 5.29. The third-order valence-corrected chi connectivity index (χ3v) is 2.21. The van der Waals surface area contributed by atoms with Crippen molar-refractivity contribution in [1.82, 2.24) is 5.32 Å². The average molecular weight is 239 g/mol. The Balaban J connectivity index is 2.44. The van der Waals surface area contributed by atoms with Gasteiger partial charge in [0.05, 0.1) is 5.56 Å². The van der Waals surface area contributed by atoms with E-state index >= 15 is 0 Å². The molecule has 94 valence electrons. The van der Waals surface area contributed by atoms with Crippen LogP contribution in [-0.4, -0.2) is 35.9 Å². The molecule has 5 heteroatoms. The molecule has 0 saturated heterocycles. The number of phenols is 2. The zero-order valence-electron chi connectivity index (χ0n) is 9.77. The van der Waals surface area contributed by atoms with E-state index in [1.54, 1.807) is 0 Å². The van der Waals surface area contributed by atoms with Gasteiger partial charge in [0.1, 0.15) is 0 Å². The number of benzene rings is 1. The van der Waals surface area contributed by atoms with Gasteiger partial charge in [-0.1, -0.05) is 6.07 Å². The minimum absolute atomic E-state index is 0.0707. The fourth-order valence-corrected chi connectivity index (χ4v) is 1.33. The minimum atomic E-state index is -0.408. The maximum atomic E-state index is 11.6. The van der Waals surface area contributed by atoms with E-state index in [2.05, 4.69) is 5.32 Å². The molecule has 1 amide bonds. The molecule has 0 atom stereocenters. The highest BCUT2D eigenvalue weighted by Crippen LogP contribution is 2.27. The summed E-state index contributed by atoms with van der Waals surface area (Å²) in [6, 6.07) is 4.28. The van der Waals surface area contributed by atoms with Crippen LogP contribution in [0.15, 0.2) is 18.2 Å². The highest BCUT2D eigenvalue weighted by Gasteiger charge is 2.12. The summed E-state index contributed by atoms with van der Waals surface area (Å²) in [7, 11) is 0. The number of phenolic OH excluding ortho intramolecular Hbond substituents is 2. The van der Waals surface area contributed by atoms with Crippen LogP contribution in [0.1, 0.15) is 23.7 Å². The van der Waals surface area contributed by atoms with E-state index in [1.165, 1.54) is 18.2 Å². The van der Waals surface area contributed by atoms with Crippen LogP contribution in [0, 0.1) is 0 Å². The molecule has 3 N–H and O–H groups in total. The van der Waals surface area contributed by atoms with Gasteiger partial charge in [-0.25, -0.2) is 0 Å². The zero-order chi connectivity index (χ0) is 12.7. The fourth-order valence-electron chi connectivity index (χ4n) is 1.33. The fraction of sp³-hybridized carbons (Fsp3) is 0.417. The number of para-hydroxylation sites is 1. The van der Waals surface area contributed by atoms with Crippen molar-refractivity contribution in [3.05, 3.63) is 23.8 Å². The van der Waals surface area contributed by atoms with Gasteiger partial charge in [-0.3, -0.25) is 4.79 Å². The number of hydrogen-bond acceptors (Lipinski definition) is 4. The maximum Gasteiger partial charge on any atom is 0.255 e. The first-order chi connectivity index (χ1) is 8.16. The molecule has 0 radical (unpaired) electrons. The molecule has 0 aliphatic carbocycles. The predicted octanol–water partition coefficient (Wildman–Crippen LogP) is 1.25. The quantitative estimate of drug-likeness (QED) is 0.515. The van der Waals surface area contributed by atoms with Gasteiger partial charge in [0.2, 0.25) is 0 Å². The molecule has 1 aromatic rings. The molecule has 0 aliphatic heterocycles. The standard InChI is InChI=1S/C12H17NO4/c1-2-17-8-4-7-13-12(16)9-5-3-6-10(14)11(9)15/h3,5-6,14-15H,2,4,7-8H2,1H3,(H,13,16). The first-order valence-corrected chi connectivity index (χ1v) is 5.53. The monoisotopic (exact) mass is 239 g/mol. The lowest BCUT2D eigenvalue weighted by atomic mass is 10.1. The molecule has 1 aromatic carbocycles. The van der Waals surface area contributed by atoms with Gasteiger partial charge in [-0.2, -0.15) is 0 Å². The number of hydrogen-bond donors (Lipinski definition) is 3. The molecule has 0 saturated carbocycles. The molecule has 0 aliphatic rings. The summed E-state index contributed by atoms with van der Waals surface area (Å²) in [5.41, 5.74) is 0.0707. The first-order valence-electron chi connectivity index (χ1n) is 5.53. The molecule has 1 rings (SSSR count). The Labute approximate surface area is 100 Å². The van der Waals surface area contributed by atoms with Crippen molar-refractivity contribution in [2.75, 3.05) is 19.8 Å². The van der Waals surface area contributed by atoms with Crippen LogP contribution in [0.25, 0.3) is 0 Å². The number of ether oxygens (including phenoxy) is 1. The number of aromatic hydroxyl groups is 2. The second-order valence-electron chi connectivity index (χ2n) is 3.48. The lowest BCUT2D eigenvalue weighted by Crippen LogP contribution is -2.25. The molecule has 0 spiro atoms. The van der Waals surface area contributed by atoms with Crippen LogP contribution in [0.5, 0.6) is 11.5 Å². The SMILES string of the molecule is CCOCCCNC(=O)c1cccc(O)c1O. The summed E-state index contributed by atoms with van der Waals surface area (Å²) in [5.74, 6) is -1.10. The summed E-state index contributed by atoms with van der Waals surface area (Å²) in [5, 5.41) is 21.3. The summed E-state index contributed by atoms with van der Waals surface area (Å²) < 4.78 is 5.12. The van der Waals surface area contributed by atoms with Crippen LogP contribution in [-0.2, 0) is 4.74 Å².